The van der Waals surface area contributed by atoms with Crippen molar-refractivity contribution in [1.82, 2.24) is 0 Å². The summed E-state index contributed by atoms with van der Waals surface area (Å²) in [5.74, 6) is 2.26. The first kappa shape index (κ1) is 20.3. The Morgan fingerprint density at radius 1 is 0.846 bits per heavy atom. The SMILES string of the molecule is COc1ccc(C(C)(C)c2ccc(OCC(O)CCC(C)C)cc2)cc1. The van der Waals surface area contributed by atoms with Gasteiger partial charge in [-0.3, -0.25) is 0 Å². The van der Waals surface area contributed by atoms with E-state index in [1.807, 2.05) is 24.3 Å². The molecule has 0 saturated carbocycles. The van der Waals surface area contributed by atoms with E-state index < -0.39 is 6.10 Å². The molecular formula is C23H32O3. The largest absolute Gasteiger partial charge is 0.497 e. The topological polar surface area (TPSA) is 38.7 Å². The Kier molecular flexibility index (Phi) is 7.10. The smallest absolute Gasteiger partial charge is 0.119 e. The van der Waals surface area contributed by atoms with Crippen molar-refractivity contribution < 1.29 is 14.6 Å². The fourth-order valence-corrected chi connectivity index (χ4v) is 2.94. The Balaban J connectivity index is 1.98. The highest BCUT2D eigenvalue weighted by atomic mass is 16.5. The van der Waals surface area contributed by atoms with Crippen LogP contribution in [0.3, 0.4) is 0 Å². The molecule has 0 saturated heterocycles. The Morgan fingerprint density at radius 2 is 1.35 bits per heavy atom. The Bertz CT molecular complexity index is 657. The van der Waals surface area contributed by atoms with Gasteiger partial charge in [-0.2, -0.15) is 0 Å². The molecule has 0 aliphatic heterocycles. The van der Waals surface area contributed by atoms with E-state index in [1.165, 1.54) is 11.1 Å². The minimum absolute atomic E-state index is 0.110. The maximum absolute atomic E-state index is 10.00. The molecule has 0 heterocycles. The van der Waals surface area contributed by atoms with Gasteiger partial charge in [0, 0.05) is 5.41 Å². The van der Waals surface area contributed by atoms with Gasteiger partial charge < -0.3 is 14.6 Å². The monoisotopic (exact) mass is 356 g/mol. The number of hydrogen-bond donors (Lipinski definition) is 1. The first-order valence-corrected chi connectivity index (χ1v) is 9.39. The molecule has 0 radical (unpaired) electrons. The van der Waals surface area contributed by atoms with E-state index in [2.05, 4.69) is 52.0 Å². The lowest BCUT2D eigenvalue weighted by Crippen LogP contribution is -2.19. The summed E-state index contributed by atoms with van der Waals surface area (Å²) in [7, 11) is 1.68. The summed E-state index contributed by atoms with van der Waals surface area (Å²) in [6.45, 7) is 9.09. The standard InChI is InChI=1S/C23H32O3/c1-17(2)6-11-20(24)16-26-22-14-9-19(10-15-22)23(3,4)18-7-12-21(25-5)13-8-18/h7-10,12-15,17,20,24H,6,11,16H2,1-5H3. The second kappa shape index (κ2) is 9.09. The summed E-state index contributed by atoms with van der Waals surface area (Å²) in [5, 5.41) is 10.00. The molecule has 26 heavy (non-hydrogen) atoms. The van der Waals surface area contributed by atoms with Crippen LogP contribution >= 0.6 is 0 Å². The van der Waals surface area contributed by atoms with Crippen molar-refractivity contribution in [3.63, 3.8) is 0 Å². The lowest BCUT2D eigenvalue weighted by Gasteiger charge is -2.26. The molecule has 1 unspecified atom stereocenters. The predicted octanol–water partition coefficient (Wildman–Crippen LogP) is 5.20. The van der Waals surface area contributed by atoms with Crippen molar-refractivity contribution in [3.05, 3.63) is 59.7 Å². The van der Waals surface area contributed by atoms with Crippen LogP contribution in [0, 0.1) is 5.92 Å². The van der Waals surface area contributed by atoms with Crippen LogP contribution in [0.2, 0.25) is 0 Å². The van der Waals surface area contributed by atoms with Crippen LogP contribution in [-0.2, 0) is 5.41 Å². The number of benzene rings is 2. The third-order valence-corrected chi connectivity index (χ3v) is 4.91. The zero-order chi connectivity index (χ0) is 19.2. The number of methoxy groups -OCH3 is 1. The number of aliphatic hydroxyl groups excluding tert-OH is 1. The van der Waals surface area contributed by atoms with Crippen molar-refractivity contribution in [2.45, 2.75) is 52.1 Å². The number of ether oxygens (including phenoxy) is 2. The normalized spacial score (nSPS) is 12.9. The summed E-state index contributed by atoms with van der Waals surface area (Å²) in [5.41, 5.74) is 2.34. The molecule has 3 nitrogen and oxygen atoms in total. The maximum Gasteiger partial charge on any atom is 0.119 e. The Morgan fingerprint density at radius 3 is 1.81 bits per heavy atom. The molecule has 1 atom stereocenters. The zero-order valence-corrected chi connectivity index (χ0v) is 16.7. The van der Waals surface area contributed by atoms with E-state index in [0.29, 0.717) is 12.5 Å². The second-order valence-corrected chi connectivity index (χ2v) is 7.81. The molecule has 0 bridgehead atoms. The van der Waals surface area contributed by atoms with Crippen molar-refractivity contribution in [2.75, 3.05) is 13.7 Å². The zero-order valence-electron chi connectivity index (χ0n) is 16.7. The summed E-state index contributed by atoms with van der Waals surface area (Å²) < 4.78 is 11.0. The lowest BCUT2D eigenvalue weighted by atomic mass is 9.78. The summed E-state index contributed by atoms with van der Waals surface area (Å²) >= 11 is 0. The minimum atomic E-state index is -0.409. The lowest BCUT2D eigenvalue weighted by molar-refractivity contribution is 0.0950. The fourth-order valence-electron chi connectivity index (χ4n) is 2.94. The predicted molar refractivity (Wildman–Crippen MR) is 107 cm³/mol. The molecule has 1 N–H and O–H groups in total. The van der Waals surface area contributed by atoms with Crippen LogP contribution in [0.15, 0.2) is 48.5 Å². The van der Waals surface area contributed by atoms with Gasteiger partial charge in [0.1, 0.15) is 18.1 Å². The molecule has 2 rings (SSSR count). The second-order valence-electron chi connectivity index (χ2n) is 7.81. The van der Waals surface area contributed by atoms with E-state index in [0.717, 1.165) is 24.3 Å². The quantitative estimate of drug-likeness (QED) is 0.671. The highest BCUT2D eigenvalue weighted by molar-refractivity contribution is 5.41. The van der Waals surface area contributed by atoms with Gasteiger partial charge in [0.05, 0.1) is 13.2 Å². The van der Waals surface area contributed by atoms with Gasteiger partial charge in [-0.15, -0.1) is 0 Å². The van der Waals surface area contributed by atoms with Gasteiger partial charge in [-0.05, 0) is 54.2 Å². The van der Waals surface area contributed by atoms with E-state index in [9.17, 15) is 5.11 Å². The number of rotatable bonds is 9. The van der Waals surface area contributed by atoms with Crippen molar-refractivity contribution in [1.29, 1.82) is 0 Å². The third-order valence-electron chi connectivity index (χ3n) is 4.91. The van der Waals surface area contributed by atoms with E-state index in [4.69, 9.17) is 9.47 Å². The fraction of sp³-hybridized carbons (Fsp3) is 0.478. The molecule has 0 aliphatic rings. The molecular weight excluding hydrogens is 324 g/mol. The molecule has 0 spiro atoms. The van der Waals surface area contributed by atoms with Gasteiger partial charge >= 0.3 is 0 Å². The Hall–Kier alpha value is -2.00. The molecule has 0 amide bonds. The van der Waals surface area contributed by atoms with Crippen LogP contribution in [0.1, 0.15) is 51.7 Å². The summed E-state index contributed by atoms with van der Waals surface area (Å²) in [6.07, 6.45) is 1.38. The van der Waals surface area contributed by atoms with Gasteiger partial charge in [-0.1, -0.05) is 52.0 Å². The first-order chi connectivity index (χ1) is 12.3. The summed E-state index contributed by atoms with van der Waals surface area (Å²) in [6, 6.07) is 16.4. The van der Waals surface area contributed by atoms with Crippen molar-refractivity contribution in [3.8, 4) is 11.5 Å². The maximum atomic E-state index is 10.00. The van der Waals surface area contributed by atoms with Crippen LogP contribution in [0.4, 0.5) is 0 Å². The number of hydrogen-bond acceptors (Lipinski definition) is 3. The molecule has 3 heteroatoms. The Labute approximate surface area is 158 Å². The van der Waals surface area contributed by atoms with E-state index in [1.54, 1.807) is 7.11 Å². The molecule has 0 fully saturated rings. The van der Waals surface area contributed by atoms with E-state index >= 15 is 0 Å². The summed E-state index contributed by atoms with van der Waals surface area (Å²) in [4.78, 5) is 0. The van der Waals surface area contributed by atoms with Gasteiger partial charge in [0.25, 0.3) is 0 Å². The van der Waals surface area contributed by atoms with Crippen LogP contribution < -0.4 is 9.47 Å². The third kappa shape index (κ3) is 5.50. The van der Waals surface area contributed by atoms with Gasteiger partial charge in [0.15, 0.2) is 0 Å². The van der Waals surface area contributed by atoms with Crippen molar-refractivity contribution in [2.24, 2.45) is 5.92 Å². The molecule has 0 aromatic heterocycles. The average molecular weight is 357 g/mol. The van der Waals surface area contributed by atoms with Crippen molar-refractivity contribution >= 4 is 0 Å². The first-order valence-electron chi connectivity index (χ1n) is 9.39. The van der Waals surface area contributed by atoms with E-state index in [-0.39, 0.29) is 5.41 Å². The van der Waals surface area contributed by atoms with Crippen LogP contribution in [0.25, 0.3) is 0 Å². The molecule has 2 aromatic carbocycles. The van der Waals surface area contributed by atoms with Gasteiger partial charge in [0.2, 0.25) is 0 Å². The van der Waals surface area contributed by atoms with Crippen LogP contribution in [-0.4, -0.2) is 24.9 Å². The highest BCUT2D eigenvalue weighted by Gasteiger charge is 2.23. The van der Waals surface area contributed by atoms with Crippen LogP contribution in [0.5, 0.6) is 11.5 Å². The minimum Gasteiger partial charge on any atom is -0.497 e. The number of aliphatic hydroxyl groups is 1. The molecule has 2 aromatic rings. The molecule has 142 valence electrons. The molecule has 0 aliphatic carbocycles. The average Bonchev–Trinajstić information content (AvgIpc) is 2.65. The van der Waals surface area contributed by atoms with Gasteiger partial charge in [-0.25, -0.2) is 0 Å². The highest BCUT2D eigenvalue weighted by Crippen LogP contribution is 2.33.